The van der Waals surface area contributed by atoms with E-state index in [0.717, 1.165) is 24.1 Å². The monoisotopic (exact) mass is 373 g/mol. The number of unbranched alkanes of at least 4 members (excludes halogenated alkanes) is 1. The van der Waals surface area contributed by atoms with E-state index in [1.54, 1.807) is 16.8 Å². The van der Waals surface area contributed by atoms with Crippen LogP contribution in [0.1, 0.15) is 43.7 Å². The van der Waals surface area contributed by atoms with E-state index in [4.69, 9.17) is 21.7 Å². The quantitative estimate of drug-likeness (QED) is 0.522. The number of aryl methyl sites for hydroxylation is 1. The molecule has 0 bridgehead atoms. The van der Waals surface area contributed by atoms with Gasteiger partial charge >= 0.3 is 0 Å². The van der Waals surface area contributed by atoms with Gasteiger partial charge in [-0.25, -0.2) is 4.98 Å². The fourth-order valence-electron chi connectivity index (χ4n) is 2.19. The minimum absolute atomic E-state index is 0.195. The lowest BCUT2D eigenvalue weighted by Crippen LogP contribution is -2.03. The Morgan fingerprint density at radius 2 is 1.63 bits per heavy atom. The highest BCUT2D eigenvalue weighted by Crippen LogP contribution is 2.21. The maximum absolute atomic E-state index is 8.09. The van der Waals surface area contributed by atoms with Crippen molar-refractivity contribution in [2.75, 3.05) is 24.7 Å². The predicted octanol–water partition coefficient (Wildman–Crippen LogP) is 2.76. The molecule has 2 aromatic heterocycles. The zero-order chi connectivity index (χ0) is 20.2. The van der Waals surface area contributed by atoms with E-state index in [1.165, 1.54) is 5.56 Å². The van der Waals surface area contributed by atoms with Gasteiger partial charge in [0.25, 0.3) is 0 Å². The van der Waals surface area contributed by atoms with Crippen LogP contribution in [-0.2, 0) is 0 Å². The third-order valence-electron chi connectivity index (χ3n) is 3.68. The smallest absolute Gasteiger partial charge is 0.163 e. The molecule has 7 heteroatoms. The van der Waals surface area contributed by atoms with Crippen LogP contribution in [0.2, 0.25) is 0 Å². The van der Waals surface area contributed by atoms with Crippen LogP contribution in [0.3, 0.4) is 0 Å². The van der Waals surface area contributed by atoms with Gasteiger partial charge in [-0.2, -0.15) is 9.61 Å². The van der Waals surface area contributed by atoms with E-state index in [1.807, 2.05) is 18.2 Å². The molecule has 0 aliphatic heterocycles. The second-order valence-corrected chi connectivity index (χ2v) is 6.40. The Hall–Kier alpha value is -2.64. The number of aliphatic hydroxyl groups excluding tert-OH is 2. The number of fused-ring (bicyclic) bond motifs is 1. The summed E-state index contributed by atoms with van der Waals surface area (Å²) in [6, 6.07) is 11.9. The van der Waals surface area contributed by atoms with E-state index < -0.39 is 0 Å². The fraction of sp³-hybridized carbons (Fsp3) is 0.400. The SMILES string of the molecule is CC(C)c1cnn2c(N)cc(N)nc12.Cc1ccccc1.OCCCCO. The second-order valence-electron chi connectivity index (χ2n) is 6.40. The molecule has 0 spiro atoms. The number of hydrogen-bond acceptors (Lipinski definition) is 6. The summed E-state index contributed by atoms with van der Waals surface area (Å²) < 4.78 is 1.60. The van der Waals surface area contributed by atoms with Gasteiger partial charge in [0.15, 0.2) is 5.65 Å². The number of benzene rings is 1. The molecule has 0 aliphatic carbocycles. The van der Waals surface area contributed by atoms with Crippen molar-refractivity contribution in [2.24, 2.45) is 0 Å². The molecule has 148 valence electrons. The van der Waals surface area contributed by atoms with Crippen molar-refractivity contribution in [2.45, 2.75) is 39.5 Å². The molecule has 1 aromatic carbocycles. The molecule has 27 heavy (non-hydrogen) atoms. The Bertz CT molecular complexity index is 784. The third kappa shape index (κ3) is 7.64. The maximum Gasteiger partial charge on any atom is 0.163 e. The number of nitrogen functional groups attached to an aromatic ring is 2. The molecule has 7 nitrogen and oxygen atoms in total. The van der Waals surface area contributed by atoms with Crippen LogP contribution in [-0.4, -0.2) is 38.0 Å². The Kier molecular flexibility index (Phi) is 9.85. The number of hydrogen-bond donors (Lipinski definition) is 4. The first-order chi connectivity index (χ1) is 12.9. The molecule has 0 unspecified atom stereocenters. The van der Waals surface area contributed by atoms with E-state index in [9.17, 15) is 0 Å². The van der Waals surface area contributed by atoms with Crippen molar-refractivity contribution < 1.29 is 10.2 Å². The van der Waals surface area contributed by atoms with Gasteiger partial charge in [-0.1, -0.05) is 49.7 Å². The van der Waals surface area contributed by atoms with Gasteiger partial charge in [0.05, 0.1) is 6.20 Å². The summed E-state index contributed by atoms with van der Waals surface area (Å²) in [6.07, 6.45) is 3.22. The molecule has 0 atom stereocenters. The highest BCUT2D eigenvalue weighted by Gasteiger charge is 2.11. The largest absolute Gasteiger partial charge is 0.396 e. The van der Waals surface area contributed by atoms with Crippen molar-refractivity contribution in [3.05, 3.63) is 53.7 Å². The molecule has 0 saturated carbocycles. The normalized spacial score (nSPS) is 10.1. The Balaban J connectivity index is 0.000000235. The minimum Gasteiger partial charge on any atom is -0.396 e. The van der Waals surface area contributed by atoms with Crippen molar-refractivity contribution in [3.8, 4) is 0 Å². The first kappa shape index (κ1) is 22.4. The van der Waals surface area contributed by atoms with Crippen LogP contribution in [0.4, 0.5) is 11.6 Å². The molecule has 3 aromatic rings. The molecule has 0 radical (unpaired) electrons. The van der Waals surface area contributed by atoms with Crippen LogP contribution in [0.5, 0.6) is 0 Å². The van der Waals surface area contributed by atoms with Crippen molar-refractivity contribution in [1.82, 2.24) is 14.6 Å². The van der Waals surface area contributed by atoms with Crippen molar-refractivity contribution in [3.63, 3.8) is 0 Å². The van der Waals surface area contributed by atoms with Gasteiger partial charge in [-0.3, -0.25) is 0 Å². The first-order valence-electron chi connectivity index (χ1n) is 9.03. The lowest BCUT2D eigenvalue weighted by Gasteiger charge is -2.03. The number of nitrogens with two attached hydrogens (primary N) is 2. The summed E-state index contributed by atoms with van der Waals surface area (Å²) in [7, 11) is 0. The van der Waals surface area contributed by atoms with E-state index >= 15 is 0 Å². The van der Waals surface area contributed by atoms with E-state index in [0.29, 0.717) is 17.6 Å². The van der Waals surface area contributed by atoms with Crippen molar-refractivity contribution in [1.29, 1.82) is 0 Å². The standard InChI is InChI=1S/C9H13N5.C7H8.C4H10O2/c1-5(2)6-4-12-14-8(11)3-7(10)13-9(6)14;1-7-5-3-2-4-6-7;5-3-1-2-4-6/h3-5H,11H2,1-2H3,(H2,10,13);2-6H,1H3;5-6H,1-4H2. The topological polar surface area (TPSA) is 123 Å². The number of rotatable bonds is 4. The van der Waals surface area contributed by atoms with Crippen LogP contribution >= 0.6 is 0 Å². The van der Waals surface area contributed by atoms with Crippen LogP contribution < -0.4 is 11.5 Å². The molecule has 0 amide bonds. The van der Waals surface area contributed by atoms with E-state index in [2.05, 4.69) is 43.0 Å². The fourth-order valence-corrected chi connectivity index (χ4v) is 2.19. The number of nitrogens with zero attached hydrogens (tertiary/aromatic N) is 3. The molecule has 2 heterocycles. The molecular formula is C20H31N5O2. The minimum atomic E-state index is 0.195. The Morgan fingerprint density at radius 3 is 2.07 bits per heavy atom. The van der Waals surface area contributed by atoms with Gasteiger partial charge < -0.3 is 21.7 Å². The summed E-state index contributed by atoms with van der Waals surface area (Å²) in [5, 5.41) is 20.3. The number of aliphatic hydroxyl groups is 2. The summed E-state index contributed by atoms with van der Waals surface area (Å²) in [5.74, 6) is 1.30. The zero-order valence-electron chi connectivity index (χ0n) is 16.3. The lowest BCUT2D eigenvalue weighted by atomic mass is 10.1. The number of anilines is 2. The molecule has 0 fully saturated rings. The van der Waals surface area contributed by atoms with Gasteiger partial charge in [0.1, 0.15) is 11.6 Å². The Labute approximate surface area is 160 Å². The third-order valence-corrected chi connectivity index (χ3v) is 3.68. The van der Waals surface area contributed by atoms with Crippen LogP contribution in [0.25, 0.3) is 5.65 Å². The second kappa shape index (κ2) is 11.9. The molecule has 0 aliphatic rings. The van der Waals surface area contributed by atoms with Gasteiger partial charge in [-0.05, 0) is 25.7 Å². The summed E-state index contributed by atoms with van der Waals surface area (Å²) >= 11 is 0. The molecule has 0 saturated heterocycles. The molecule has 3 rings (SSSR count). The molecular weight excluding hydrogens is 342 g/mol. The average molecular weight is 374 g/mol. The van der Waals surface area contributed by atoms with Crippen molar-refractivity contribution >= 4 is 17.3 Å². The van der Waals surface area contributed by atoms with Crippen LogP contribution in [0, 0.1) is 6.92 Å². The van der Waals surface area contributed by atoms with Crippen LogP contribution in [0.15, 0.2) is 42.6 Å². The number of aromatic nitrogens is 3. The highest BCUT2D eigenvalue weighted by molar-refractivity contribution is 5.58. The average Bonchev–Trinajstić information content (AvgIpc) is 3.06. The molecule has 6 N–H and O–H groups in total. The van der Waals surface area contributed by atoms with Gasteiger partial charge in [-0.15, -0.1) is 0 Å². The van der Waals surface area contributed by atoms with Gasteiger partial charge in [0, 0.05) is 24.8 Å². The van der Waals surface area contributed by atoms with E-state index in [-0.39, 0.29) is 13.2 Å². The highest BCUT2D eigenvalue weighted by atomic mass is 16.3. The lowest BCUT2D eigenvalue weighted by molar-refractivity contribution is 0.242. The first-order valence-corrected chi connectivity index (χ1v) is 9.03. The summed E-state index contributed by atoms with van der Waals surface area (Å²) in [4.78, 5) is 4.22. The summed E-state index contributed by atoms with van der Waals surface area (Å²) in [5.41, 5.74) is 14.5. The maximum atomic E-state index is 8.09. The van der Waals surface area contributed by atoms with Gasteiger partial charge in [0.2, 0.25) is 0 Å². The zero-order valence-corrected chi connectivity index (χ0v) is 16.3. The predicted molar refractivity (Wildman–Crippen MR) is 110 cm³/mol. The Morgan fingerprint density at radius 1 is 1.04 bits per heavy atom. The summed E-state index contributed by atoms with van der Waals surface area (Å²) in [6.45, 7) is 6.64.